The molecular weight excluding hydrogens is 366 g/mol. The molecule has 144 valence electrons. The Hall–Kier alpha value is -3.93. The largest absolute Gasteiger partial charge is 0.361 e. The van der Waals surface area contributed by atoms with Gasteiger partial charge < -0.3 is 9.88 Å². The maximum absolute atomic E-state index is 13.3. The number of aromatic nitrogens is 1. The van der Waals surface area contributed by atoms with Crippen LogP contribution in [0.4, 0.5) is 5.69 Å². The number of benzene rings is 3. The Morgan fingerprint density at radius 2 is 1.72 bits per heavy atom. The van der Waals surface area contributed by atoms with Gasteiger partial charge in [-0.3, -0.25) is 14.9 Å². The number of nitro benzene ring substituents is 1. The van der Waals surface area contributed by atoms with E-state index in [2.05, 4.69) is 4.98 Å². The van der Waals surface area contributed by atoms with Crippen LogP contribution in [0.5, 0.6) is 0 Å². The normalized spacial score (nSPS) is 11.9. The molecule has 0 unspecified atom stereocenters. The standard InChI is InChI=1S/C23H19N3O3/c1-25(23(27)17-10-7-11-18(14-17)26(28)29)22(16-8-3-2-4-9-16)20-15-24-21-13-6-5-12-19(20)21/h2-15,22,24H,1H3/t22-/m0/s1. The fourth-order valence-corrected chi connectivity index (χ4v) is 3.64. The molecule has 0 bridgehead atoms. The van der Waals surface area contributed by atoms with Gasteiger partial charge in [0.1, 0.15) is 0 Å². The number of nitrogens with one attached hydrogen (secondary N) is 1. The van der Waals surface area contributed by atoms with Crippen molar-refractivity contribution in [2.45, 2.75) is 6.04 Å². The van der Waals surface area contributed by atoms with E-state index in [0.29, 0.717) is 0 Å². The van der Waals surface area contributed by atoms with Crippen LogP contribution in [0, 0.1) is 10.1 Å². The van der Waals surface area contributed by atoms with E-state index in [-0.39, 0.29) is 23.2 Å². The molecule has 6 nitrogen and oxygen atoms in total. The van der Waals surface area contributed by atoms with Crippen molar-refractivity contribution < 1.29 is 9.72 Å². The van der Waals surface area contributed by atoms with Gasteiger partial charge in [0.25, 0.3) is 11.6 Å². The van der Waals surface area contributed by atoms with Crippen molar-refractivity contribution in [1.82, 2.24) is 9.88 Å². The minimum atomic E-state index is -0.495. The van der Waals surface area contributed by atoms with Crippen LogP contribution in [-0.4, -0.2) is 27.8 Å². The lowest BCUT2D eigenvalue weighted by Crippen LogP contribution is -2.32. The molecule has 0 spiro atoms. The molecule has 1 heterocycles. The lowest BCUT2D eigenvalue weighted by molar-refractivity contribution is -0.384. The number of fused-ring (bicyclic) bond motifs is 1. The summed E-state index contributed by atoms with van der Waals surface area (Å²) in [7, 11) is 1.72. The van der Waals surface area contributed by atoms with Gasteiger partial charge in [0.15, 0.2) is 0 Å². The van der Waals surface area contributed by atoms with E-state index in [0.717, 1.165) is 22.0 Å². The summed E-state index contributed by atoms with van der Waals surface area (Å²) >= 11 is 0. The van der Waals surface area contributed by atoms with Gasteiger partial charge in [-0.25, -0.2) is 0 Å². The summed E-state index contributed by atoms with van der Waals surface area (Å²) in [5.74, 6) is -0.284. The summed E-state index contributed by atoms with van der Waals surface area (Å²) in [6.45, 7) is 0. The number of H-pyrrole nitrogens is 1. The highest BCUT2D eigenvalue weighted by molar-refractivity contribution is 5.96. The molecule has 0 aliphatic carbocycles. The molecule has 0 saturated heterocycles. The smallest absolute Gasteiger partial charge is 0.270 e. The van der Waals surface area contributed by atoms with Gasteiger partial charge in [0.05, 0.1) is 11.0 Å². The second kappa shape index (κ2) is 7.59. The summed E-state index contributed by atoms with van der Waals surface area (Å²) in [6.07, 6.45) is 1.92. The first-order valence-corrected chi connectivity index (χ1v) is 9.19. The first-order valence-electron chi connectivity index (χ1n) is 9.19. The second-order valence-corrected chi connectivity index (χ2v) is 6.83. The number of hydrogen-bond donors (Lipinski definition) is 1. The van der Waals surface area contributed by atoms with Crippen LogP contribution in [-0.2, 0) is 0 Å². The van der Waals surface area contributed by atoms with Crippen molar-refractivity contribution in [2.75, 3.05) is 7.05 Å². The van der Waals surface area contributed by atoms with Gasteiger partial charge in [-0.15, -0.1) is 0 Å². The number of aromatic amines is 1. The summed E-state index contributed by atoms with van der Waals surface area (Å²) in [5.41, 5.74) is 3.08. The highest BCUT2D eigenvalue weighted by Gasteiger charge is 2.27. The predicted octanol–water partition coefficient (Wildman–Crippen LogP) is 4.94. The maximum atomic E-state index is 13.3. The Kier molecular flexibility index (Phi) is 4.83. The van der Waals surface area contributed by atoms with E-state index in [4.69, 9.17) is 0 Å². The zero-order chi connectivity index (χ0) is 20.4. The molecule has 6 heteroatoms. The quantitative estimate of drug-likeness (QED) is 0.390. The van der Waals surface area contributed by atoms with E-state index in [1.165, 1.54) is 18.2 Å². The van der Waals surface area contributed by atoms with Crippen LogP contribution < -0.4 is 0 Å². The Balaban J connectivity index is 1.80. The first-order chi connectivity index (χ1) is 14.1. The third-order valence-corrected chi connectivity index (χ3v) is 5.04. The average molecular weight is 385 g/mol. The van der Waals surface area contributed by atoms with Gasteiger partial charge in [0.2, 0.25) is 0 Å². The van der Waals surface area contributed by atoms with E-state index in [1.807, 2.05) is 60.8 Å². The molecule has 0 radical (unpaired) electrons. The Morgan fingerprint density at radius 3 is 2.48 bits per heavy atom. The molecule has 0 fully saturated rings. The third kappa shape index (κ3) is 3.48. The van der Waals surface area contributed by atoms with Crippen molar-refractivity contribution in [3.05, 3.63) is 112 Å². The second-order valence-electron chi connectivity index (χ2n) is 6.83. The molecule has 0 aliphatic heterocycles. The van der Waals surface area contributed by atoms with Gasteiger partial charge in [0, 0.05) is 47.4 Å². The van der Waals surface area contributed by atoms with E-state index >= 15 is 0 Å². The van der Waals surface area contributed by atoms with Crippen LogP contribution in [0.2, 0.25) is 0 Å². The number of rotatable bonds is 5. The molecule has 4 aromatic rings. The summed E-state index contributed by atoms with van der Waals surface area (Å²) in [6, 6.07) is 23.2. The highest BCUT2D eigenvalue weighted by atomic mass is 16.6. The third-order valence-electron chi connectivity index (χ3n) is 5.04. The Bertz CT molecular complexity index is 1180. The Labute approximate surface area is 167 Å². The summed E-state index contributed by atoms with van der Waals surface area (Å²) in [4.78, 5) is 28.8. The van der Waals surface area contributed by atoms with Gasteiger partial charge >= 0.3 is 0 Å². The monoisotopic (exact) mass is 385 g/mol. The number of amides is 1. The first kappa shape index (κ1) is 18.4. The molecular formula is C23H19N3O3. The summed E-state index contributed by atoms with van der Waals surface area (Å²) in [5, 5.41) is 12.1. The highest BCUT2D eigenvalue weighted by Crippen LogP contribution is 2.34. The molecule has 1 aromatic heterocycles. The van der Waals surface area contributed by atoms with Crippen LogP contribution in [0.3, 0.4) is 0 Å². The van der Waals surface area contributed by atoms with Crippen molar-refractivity contribution in [3.63, 3.8) is 0 Å². The van der Waals surface area contributed by atoms with Crippen molar-refractivity contribution in [1.29, 1.82) is 0 Å². The van der Waals surface area contributed by atoms with Crippen molar-refractivity contribution in [2.24, 2.45) is 0 Å². The molecule has 29 heavy (non-hydrogen) atoms. The molecule has 0 aliphatic rings. The number of para-hydroxylation sites is 1. The molecule has 3 aromatic carbocycles. The SMILES string of the molecule is CN(C(=O)c1cccc([N+](=O)[O-])c1)[C@@H](c1ccccc1)c1c[nH]c2ccccc12. The van der Waals surface area contributed by atoms with Crippen LogP contribution in [0.1, 0.15) is 27.5 Å². The molecule has 1 amide bonds. The number of nitrogens with zero attached hydrogens (tertiary/aromatic N) is 2. The average Bonchev–Trinajstić information content (AvgIpc) is 3.18. The molecule has 0 saturated carbocycles. The van der Waals surface area contributed by atoms with Gasteiger partial charge in [-0.05, 0) is 17.7 Å². The minimum absolute atomic E-state index is 0.104. The lowest BCUT2D eigenvalue weighted by Gasteiger charge is -2.29. The number of carbonyl (C=O) groups excluding carboxylic acids is 1. The van der Waals surface area contributed by atoms with E-state index < -0.39 is 4.92 Å². The zero-order valence-corrected chi connectivity index (χ0v) is 15.8. The van der Waals surface area contributed by atoms with Crippen LogP contribution in [0.15, 0.2) is 85.1 Å². The minimum Gasteiger partial charge on any atom is -0.361 e. The number of hydrogen-bond acceptors (Lipinski definition) is 3. The molecule has 1 N–H and O–H groups in total. The predicted molar refractivity (Wildman–Crippen MR) is 112 cm³/mol. The lowest BCUT2D eigenvalue weighted by atomic mass is 9.96. The fourth-order valence-electron chi connectivity index (χ4n) is 3.64. The van der Waals surface area contributed by atoms with E-state index in [9.17, 15) is 14.9 Å². The maximum Gasteiger partial charge on any atom is 0.270 e. The van der Waals surface area contributed by atoms with Crippen molar-refractivity contribution in [3.8, 4) is 0 Å². The summed E-state index contributed by atoms with van der Waals surface area (Å²) < 4.78 is 0. The van der Waals surface area contributed by atoms with Crippen molar-refractivity contribution >= 4 is 22.5 Å². The van der Waals surface area contributed by atoms with Gasteiger partial charge in [-0.2, -0.15) is 0 Å². The number of nitro groups is 1. The molecule has 1 atom stereocenters. The Morgan fingerprint density at radius 1 is 1.00 bits per heavy atom. The van der Waals surface area contributed by atoms with Gasteiger partial charge in [-0.1, -0.05) is 54.6 Å². The topological polar surface area (TPSA) is 79.2 Å². The molecule has 4 rings (SSSR count). The van der Waals surface area contributed by atoms with Crippen LogP contribution in [0.25, 0.3) is 10.9 Å². The number of non-ortho nitro benzene ring substituents is 1. The van der Waals surface area contributed by atoms with Crippen LogP contribution >= 0.6 is 0 Å². The number of carbonyl (C=O) groups is 1. The van der Waals surface area contributed by atoms with E-state index in [1.54, 1.807) is 18.0 Å². The fraction of sp³-hybridized carbons (Fsp3) is 0.0870. The zero-order valence-electron chi connectivity index (χ0n) is 15.8.